The fourth-order valence-corrected chi connectivity index (χ4v) is 4.95. The molecule has 1 fully saturated rings. The van der Waals surface area contributed by atoms with Gasteiger partial charge in [-0.25, -0.2) is 0 Å². The predicted molar refractivity (Wildman–Crippen MR) is 113 cm³/mol. The van der Waals surface area contributed by atoms with Gasteiger partial charge in [-0.15, -0.1) is 0 Å². The number of para-hydroxylation sites is 1. The molecule has 2 aromatic carbocycles. The highest BCUT2D eigenvalue weighted by atomic mass is 16.6. The smallest absolute Gasteiger partial charge is 0.161 e. The largest absolute Gasteiger partial charge is 0.486 e. The van der Waals surface area contributed by atoms with Crippen molar-refractivity contribution in [1.82, 2.24) is 10.2 Å². The summed E-state index contributed by atoms with van der Waals surface area (Å²) in [6, 6.07) is 15.5. The molecule has 1 spiro atoms. The molecule has 5 heteroatoms. The van der Waals surface area contributed by atoms with Gasteiger partial charge in [0.2, 0.25) is 0 Å². The fraction of sp³-hybridized carbons (Fsp3) is 0.500. The second kappa shape index (κ2) is 7.88. The topological polar surface area (TPSA) is 43.0 Å². The first-order valence-corrected chi connectivity index (χ1v) is 10.8. The summed E-state index contributed by atoms with van der Waals surface area (Å²) in [4.78, 5) is 2.54. The van der Waals surface area contributed by atoms with Gasteiger partial charge in [0.15, 0.2) is 11.5 Å². The number of nitrogens with zero attached hydrogens (tertiary/aromatic N) is 1. The highest BCUT2D eigenvalue weighted by Crippen LogP contribution is 2.39. The van der Waals surface area contributed by atoms with E-state index in [2.05, 4.69) is 53.7 Å². The highest BCUT2D eigenvalue weighted by molar-refractivity contribution is 5.44. The minimum Gasteiger partial charge on any atom is -0.486 e. The summed E-state index contributed by atoms with van der Waals surface area (Å²) < 4.78 is 18.2. The van der Waals surface area contributed by atoms with E-state index in [0.29, 0.717) is 19.3 Å². The van der Waals surface area contributed by atoms with Gasteiger partial charge in [-0.1, -0.05) is 24.3 Å². The molecule has 5 nitrogen and oxygen atoms in total. The average Bonchev–Trinajstić information content (AvgIpc) is 2.90. The summed E-state index contributed by atoms with van der Waals surface area (Å²) in [6.45, 7) is 3.99. The number of ether oxygens (including phenoxy) is 3. The van der Waals surface area contributed by atoms with Crippen molar-refractivity contribution in [3.8, 4) is 17.2 Å². The normalized spacial score (nSPS) is 26.4. The summed E-state index contributed by atoms with van der Waals surface area (Å²) in [5, 5.41) is 3.45. The van der Waals surface area contributed by atoms with E-state index in [1.165, 1.54) is 11.1 Å². The zero-order valence-corrected chi connectivity index (χ0v) is 17.2. The summed E-state index contributed by atoms with van der Waals surface area (Å²) in [6.07, 6.45) is 4.50. The molecule has 0 aromatic heterocycles. The van der Waals surface area contributed by atoms with Crippen LogP contribution in [-0.4, -0.2) is 43.3 Å². The predicted octanol–water partition coefficient (Wildman–Crippen LogP) is 3.75. The molecule has 1 N–H and O–H groups in total. The minimum atomic E-state index is -0.103. The van der Waals surface area contributed by atoms with E-state index in [1.807, 2.05) is 6.07 Å². The van der Waals surface area contributed by atoms with E-state index in [1.54, 1.807) is 0 Å². The van der Waals surface area contributed by atoms with Gasteiger partial charge in [0.05, 0.1) is 0 Å². The quantitative estimate of drug-likeness (QED) is 0.859. The zero-order valence-electron chi connectivity index (χ0n) is 17.2. The number of nitrogens with one attached hydrogen (secondary N) is 1. The molecular formula is C24H30N2O3. The summed E-state index contributed by atoms with van der Waals surface area (Å²) >= 11 is 0. The van der Waals surface area contributed by atoms with E-state index < -0.39 is 0 Å². The number of benzene rings is 2. The van der Waals surface area contributed by atoms with Gasteiger partial charge in [-0.2, -0.15) is 0 Å². The molecule has 0 unspecified atom stereocenters. The lowest BCUT2D eigenvalue weighted by molar-refractivity contribution is -0.00323. The van der Waals surface area contributed by atoms with Crippen LogP contribution in [0.2, 0.25) is 0 Å². The molecule has 5 rings (SSSR count). The van der Waals surface area contributed by atoms with E-state index in [9.17, 15) is 0 Å². The van der Waals surface area contributed by atoms with E-state index >= 15 is 0 Å². The van der Waals surface area contributed by atoms with Crippen molar-refractivity contribution in [2.24, 2.45) is 0 Å². The van der Waals surface area contributed by atoms with Gasteiger partial charge in [-0.05, 0) is 56.5 Å². The van der Waals surface area contributed by atoms with Crippen LogP contribution >= 0.6 is 0 Å². The molecule has 154 valence electrons. The summed E-state index contributed by atoms with van der Waals surface area (Å²) in [5.74, 6) is 2.77. The molecule has 1 aliphatic carbocycles. The summed E-state index contributed by atoms with van der Waals surface area (Å²) in [7, 11) is 2.07. The van der Waals surface area contributed by atoms with Crippen LogP contribution < -0.4 is 19.5 Å². The Bertz CT molecular complexity index is 861. The maximum absolute atomic E-state index is 6.72. The number of hydrogen-bond donors (Lipinski definition) is 1. The number of rotatable bonds is 3. The van der Waals surface area contributed by atoms with Gasteiger partial charge in [-0.3, -0.25) is 4.90 Å². The van der Waals surface area contributed by atoms with E-state index in [-0.39, 0.29) is 5.60 Å². The van der Waals surface area contributed by atoms with Crippen LogP contribution in [0.4, 0.5) is 0 Å². The first kappa shape index (κ1) is 18.8. The minimum absolute atomic E-state index is 0.103. The Kier molecular flexibility index (Phi) is 5.10. The fourth-order valence-electron chi connectivity index (χ4n) is 4.95. The van der Waals surface area contributed by atoms with Crippen molar-refractivity contribution in [3.05, 3.63) is 53.6 Å². The maximum Gasteiger partial charge on any atom is 0.161 e. The third kappa shape index (κ3) is 3.94. The number of fused-ring (bicyclic) bond motifs is 2. The standard InChI is InChI=1S/C24H30N2O3/c1-25-20-8-10-24(11-9-20)17-26(16-19-4-2-3-5-21(19)29-24)15-18-6-7-22-23(14-18)28-13-12-27-22/h2-7,14,20,25H,8-13,15-17H2,1H3. The van der Waals surface area contributed by atoms with Crippen molar-refractivity contribution >= 4 is 0 Å². The van der Waals surface area contributed by atoms with Crippen molar-refractivity contribution in [3.63, 3.8) is 0 Å². The SMILES string of the molecule is CNC1CCC2(CC1)CN(Cc1ccc3c(c1)OCCO3)Cc1ccccc1O2. The van der Waals surface area contributed by atoms with Crippen molar-refractivity contribution in [2.45, 2.75) is 50.4 Å². The molecule has 0 atom stereocenters. The maximum atomic E-state index is 6.72. The lowest BCUT2D eigenvalue weighted by Gasteiger charge is -2.41. The van der Waals surface area contributed by atoms with Gasteiger partial charge >= 0.3 is 0 Å². The molecule has 1 saturated carbocycles. The molecule has 0 saturated heterocycles. The van der Waals surface area contributed by atoms with E-state index in [4.69, 9.17) is 14.2 Å². The summed E-state index contributed by atoms with van der Waals surface area (Å²) in [5.41, 5.74) is 2.43. The van der Waals surface area contributed by atoms with Crippen LogP contribution in [0.3, 0.4) is 0 Å². The Labute approximate surface area is 173 Å². The van der Waals surface area contributed by atoms with Crippen molar-refractivity contribution in [1.29, 1.82) is 0 Å². The highest BCUT2D eigenvalue weighted by Gasteiger charge is 2.40. The third-order valence-electron chi connectivity index (χ3n) is 6.52. The lowest BCUT2D eigenvalue weighted by Crippen LogP contribution is -2.50. The Hall–Kier alpha value is -2.24. The van der Waals surface area contributed by atoms with Crippen LogP contribution in [0.1, 0.15) is 36.8 Å². The van der Waals surface area contributed by atoms with Crippen LogP contribution in [0.15, 0.2) is 42.5 Å². The molecule has 2 aromatic rings. The van der Waals surface area contributed by atoms with Crippen LogP contribution in [0.5, 0.6) is 17.2 Å². The Balaban J connectivity index is 1.40. The van der Waals surface area contributed by atoms with Gasteiger partial charge in [0.25, 0.3) is 0 Å². The van der Waals surface area contributed by atoms with Crippen LogP contribution in [0.25, 0.3) is 0 Å². The molecule has 0 bridgehead atoms. The molecule has 2 aliphatic heterocycles. The number of hydrogen-bond acceptors (Lipinski definition) is 5. The molecule has 2 heterocycles. The Morgan fingerprint density at radius 2 is 1.79 bits per heavy atom. The van der Waals surface area contributed by atoms with Gasteiger partial charge < -0.3 is 19.5 Å². The second-order valence-electron chi connectivity index (χ2n) is 8.58. The Morgan fingerprint density at radius 1 is 1.00 bits per heavy atom. The molecular weight excluding hydrogens is 364 g/mol. The van der Waals surface area contributed by atoms with Crippen LogP contribution in [-0.2, 0) is 13.1 Å². The van der Waals surface area contributed by atoms with Gasteiger partial charge in [0.1, 0.15) is 24.6 Å². The van der Waals surface area contributed by atoms with Gasteiger partial charge in [0, 0.05) is 31.2 Å². The van der Waals surface area contributed by atoms with E-state index in [0.717, 1.165) is 62.6 Å². The monoisotopic (exact) mass is 394 g/mol. The Morgan fingerprint density at radius 3 is 2.62 bits per heavy atom. The zero-order chi connectivity index (χ0) is 19.7. The first-order chi connectivity index (χ1) is 14.2. The third-order valence-corrected chi connectivity index (χ3v) is 6.52. The average molecular weight is 395 g/mol. The second-order valence-corrected chi connectivity index (χ2v) is 8.58. The van der Waals surface area contributed by atoms with Crippen LogP contribution in [0, 0.1) is 0 Å². The van der Waals surface area contributed by atoms with Crippen molar-refractivity contribution in [2.75, 3.05) is 26.8 Å². The lowest BCUT2D eigenvalue weighted by atomic mass is 9.81. The molecule has 29 heavy (non-hydrogen) atoms. The van der Waals surface area contributed by atoms with Crippen molar-refractivity contribution < 1.29 is 14.2 Å². The molecule has 0 radical (unpaired) electrons. The first-order valence-electron chi connectivity index (χ1n) is 10.8. The molecule has 3 aliphatic rings. The molecule has 0 amide bonds.